The minimum atomic E-state index is -1.02. The molecular weight excluding hydrogens is 276 g/mol. The molecule has 0 aliphatic heterocycles. The van der Waals surface area contributed by atoms with Gasteiger partial charge in [0, 0.05) is 0 Å². The molecule has 0 fully saturated rings. The van der Waals surface area contributed by atoms with E-state index in [1.165, 1.54) is 6.26 Å². The molecule has 0 spiro atoms. The van der Waals surface area contributed by atoms with Gasteiger partial charge in [-0.3, -0.25) is 0 Å². The number of hydrogen-bond donors (Lipinski definition) is 1. The van der Waals surface area contributed by atoms with Crippen LogP contribution in [0.1, 0.15) is 5.56 Å². The molecule has 3 heteroatoms. The minimum Gasteiger partial charge on any atom is -0.478 e. The maximum Gasteiger partial charge on any atom is 0.339 e. The van der Waals surface area contributed by atoms with E-state index in [4.69, 9.17) is 4.74 Å². The van der Waals surface area contributed by atoms with E-state index in [2.05, 4.69) is 0 Å². The Hall–Kier alpha value is -3.07. The van der Waals surface area contributed by atoms with Gasteiger partial charge < -0.3 is 9.84 Å². The van der Waals surface area contributed by atoms with Crippen LogP contribution in [0.3, 0.4) is 0 Å². The summed E-state index contributed by atoms with van der Waals surface area (Å²) in [7, 11) is 0. The molecule has 3 aromatic carbocycles. The quantitative estimate of drug-likeness (QED) is 0.574. The Morgan fingerprint density at radius 3 is 2.27 bits per heavy atom. The molecule has 0 amide bonds. The van der Waals surface area contributed by atoms with Gasteiger partial charge in [0.25, 0.3) is 0 Å². The number of benzene rings is 3. The zero-order chi connectivity index (χ0) is 15.4. The summed E-state index contributed by atoms with van der Waals surface area (Å²) in [6.45, 7) is 0. The fourth-order valence-electron chi connectivity index (χ4n) is 2.23. The predicted molar refractivity (Wildman–Crippen MR) is 86.6 cm³/mol. The second-order valence-electron chi connectivity index (χ2n) is 4.83. The lowest BCUT2D eigenvalue weighted by atomic mass is 10.1. The molecule has 1 N–H and O–H groups in total. The molecular formula is C19H14O3. The van der Waals surface area contributed by atoms with E-state index < -0.39 is 5.97 Å². The normalized spacial score (nSPS) is 11.4. The summed E-state index contributed by atoms with van der Waals surface area (Å²) in [5.74, 6) is -0.416. The first-order valence-corrected chi connectivity index (χ1v) is 6.88. The van der Waals surface area contributed by atoms with Gasteiger partial charge in [-0.25, -0.2) is 4.79 Å². The molecule has 108 valence electrons. The van der Waals surface area contributed by atoms with Crippen molar-refractivity contribution in [2.45, 2.75) is 0 Å². The number of hydrogen-bond acceptors (Lipinski definition) is 2. The molecule has 0 heterocycles. The predicted octanol–water partition coefficient (Wildman–Crippen LogP) is 4.34. The van der Waals surface area contributed by atoms with Gasteiger partial charge in [-0.05, 0) is 28.5 Å². The Morgan fingerprint density at radius 2 is 1.55 bits per heavy atom. The van der Waals surface area contributed by atoms with Gasteiger partial charge >= 0.3 is 5.97 Å². The third kappa shape index (κ3) is 2.99. The Balaban J connectivity index is 1.91. The first-order valence-electron chi connectivity index (χ1n) is 6.88. The smallest absolute Gasteiger partial charge is 0.339 e. The number of aliphatic carboxylic acids is 1. The summed E-state index contributed by atoms with van der Waals surface area (Å²) in [4.78, 5) is 11.4. The highest BCUT2D eigenvalue weighted by Gasteiger charge is 2.10. The maximum absolute atomic E-state index is 11.4. The SMILES string of the molecule is O=C(O)C(=COc1ccc2ccccc2c1)c1ccccc1. The Morgan fingerprint density at radius 1 is 0.864 bits per heavy atom. The molecule has 22 heavy (non-hydrogen) atoms. The molecule has 0 aliphatic rings. The molecule has 3 rings (SSSR count). The van der Waals surface area contributed by atoms with Crippen molar-refractivity contribution in [1.82, 2.24) is 0 Å². The lowest BCUT2D eigenvalue weighted by Crippen LogP contribution is -2.01. The van der Waals surface area contributed by atoms with Crippen LogP contribution in [-0.2, 0) is 4.79 Å². The minimum absolute atomic E-state index is 0.119. The summed E-state index contributed by atoms with van der Waals surface area (Å²) in [6.07, 6.45) is 1.28. The molecule has 0 saturated carbocycles. The van der Waals surface area contributed by atoms with E-state index in [1.807, 2.05) is 48.5 Å². The van der Waals surface area contributed by atoms with Gasteiger partial charge in [0.2, 0.25) is 0 Å². The molecule has 0 bridgehead atoms. The van der Waals surface area contributed by atoms with E-state index in [1.54, 1.807) is 24.3 Å². The molecule has 0 aliphatic carbocycles. The standard InChI is InChI=1S/C19H14O3/c20-19(21)18(15-7-2-1-3-8-15)13-22-17-11-10-14-6-4-5-9-16(14)12-17/h1-13H,(H,20,21). The van der Waals surface area contributed by atoms with E-state index in [9.17, 15) is 9.90 Å². The van der Waals surface area contributed by atoms with Crippen molar-refractivity contribution in [1.29, 1.82) is 0 Å². The molecule has 3 nitrogen and oxygen atoms in total. The van der Waals surface area contributed by atoms with Crippen molar-refractivity contribution in [3.05, 3.63) is 84.6 Å². The first kappa shape index (κ1) is 13.9. The van der Waals surface area contributed by atoms with Crippen LogP contribution in [0.2, 0.25) is 0 Å². The number of carboxylic acid groups (broad SMARTS) is 1. The third-order valence-electron chi connectivity index (χ3n) is 3.35. The number of fused-ring (bicyclic) bond motifs is 1. The van der Waals surface area contributed by atoms with Crippen LogP contribution in [0.4, 0.5) is 0 Å². The van der Waals surface area contributed by atoms with Crippen molar-refractivity contribution in [3.8, 4) is 5.75 Å². The zero-order valence-corrected chi connectivity index (χ0v) is 11.8. The molecule has 0 saturated heterocycles. The molecule has 0 aromatic heterocycles. The zero-order valence-electron chi connectivity index (χ0n) is 11.8. The fraction of sp³-hybridized carbons (Fsp3) is 0. The second kappa shape index (κ2) is 6.14. The van der Waals surface area contributed by atoms with Gasteiger partial charge in [0.1, 0.15) is 17.6 Å². The largest absolute Gasteiger partial charge is 0.478 e. The molecule has 3 aromatic rings. The monoisotopic (exact) mass is 290 g/mol. The van der Waals surface area contributed by atoms with Crippen LogP contribution in [0.5, 0.6) is 5.75 Å². The van der Waals surface area contributed by atoms with Gasteiger partial charge in [0.15, 0.2) is 0 Å². The highest BCUT2D eigenvalue weighted by atomic mass is 16.5. The number of rotatable bonds is 4. The van der Waals surface area contributed by atoms with E-state index in [0.717, 1.165) is 10.8 Å². The van der Waals surface area contributed by atoms with Crippen LogP contribution in [-0.4, -0.2) is 11.1 Å². The van der Waals surface area contributed by atoms with Crippen LogP contribution < -0.4 is 4.74 Å². The Bertz CT molecular complexity index is 835. The topological polar surface area (TPSA) is 46.5 Å². The third-order valence-corrected chi connectivity index (χ3v) is 3.35. The summed E-state index contributed by atoms with van der Waals surface area (Å²) >= 11 is 0. The van der Waals surface area contributed by atoms with Crippen LogP contribution in [0.25, 0.3) is 16.3 Å². The highest BCUT2D eigenvalue weighted by Crippen LogP contribution is 2.22. The average molecular weight is 290 g/mol. The van der Waals surface area contributed by atoms with E-state index in [0.29, 0.717) is 11.3 Å². The molecule has 0 unspecified atom stereocenters. The summed E-state index contributed by atoms with van der Waals surface area (Å²) in [5, 5.41) is 11.5. The van der Waals surface area contributed by atoms with Crippen molar-refractivity contribution in [3.63, 3.8) is 0 Å². The van der Waals surface area contributed by atoms with E-state index in [-0.39, 0.29) is 5.57 Å². The van der Waals surface area contributed by atoms with Crippen molar-refractivity contribution >= 4 is 22.3 Å². The highest BCUT2D eigenvalue weighted by molar-refractivity contribution is 6.15. The second-order valence-corrected chi connectivity index (χ2v) is 4.83. The van der Waals surface area contributed by atoms with Crippen molar-refractivity contribution < 1.29 is 14.6 Å². The average Bonchev–Trinajstić information content (AvgIpc) is 2.55. The van der Waals surface area contributed by atoms with Gasteiger partial charge in [-0.2, -0.15) is 0 Å². The van der Waals surface area contributed by atoms with E-state index >= 15 is 0 Å². The number of carbonyl (C=O) groups is 1. The van der Waals surface area contributed by atoms with Gasteiger partial charge in [-0.15, -0.1) is 0 Å². The summed E-state index contributed by atoms with van der Waals surface area (Å²) < 4.78 is 5.55. The van der Waals surface area contributed by atoms with Crippen LogP contribution in [0, 0.1) is 0 Å². The van der Waals surface area contributed by atoms with Crippen molar-refractivity contribution in [2.24, 2.45) is 0 Å². The van der Waals surface area contributed by atoms with Gasteiger partial charge in [0.05, 0.1) is 0 Å². The van der Waals surface area contributed by atoms with Crippen LogP contribution in [0.15, 0.2) is 79.1 Å². The lowest BCUT2D eigenvalue weighted by Gasteiger charge is -2.06. The molecule has 0 radical (unpaired) electrons. The summed E-state index contributed by atoms with van der Waals surface area (Å²) in [6, 6.07) is 22.5. The van der Waals surface area contributed by atoms with Crippen molar-refractivity contribution in [2.75, 3.05) is 0 Å². The lowest BCUT2D eigenvalue weighted by molar-refractivity contribution is -0.130. The maximum atomic E-state index is 11.4. The Kier molecular flexibility index (Phi) is 3.88. The Labute approximate surface area is 128 Å². The first-order chi connectivity index (χ1) is 10.7. The number of ether oxygens (including phenoxy) is 1. The fourth-order valence-corrected chi connectivity index (χ4v) is 2.23. The number of carboxylic acids is 1. The molecule has 0 atom stereocenters. The van der Waals surface area contributed by atoms with Crippen LogP contribution >= 0.6 is 0 Å². The van der Waals surface area contributed by atoms with Gasteiger partial charge in [-0.1, -0.05) is 60.7 Å². The summed E-state index contributed by atoms with van der Waals surface area (Å²) in [5.41, 5.74) is 0.726.